The highest BCUT2D eigenvalue weighted by molar-refractivity contribution is 6.32. The van der Waals surface area contributed by atoms with Gasteiger partial charge in [0, 0.05) is 6.20 Å². The number of aryl methyl sites for hydroxylation is 1. The zero-order valence-corrected chi connectivity index (χ0v) is 11.4. The summed E-state index contributed by atoms with van der Waals surface area (Å²) >= 11 is 5.85. The first-order chi connectivity index (χ1) is 9.38. The Balaban J connectivity index is 3.06. The van der Waals surface area contributed by atoms with Crippen LogP contribution in [0.2, 0.25) is 5.02 Å². The van der Waals surface area contributed by atoms with E-state index in [1.54, 1.807) is 13.0 Å². The van der Waals surface area contributed by atoms with Gasteiger partial charge in [0.25, 0.3) is 5.56 Å². The first kappa shape index (κ1) is 14.3. The van der Waals surface area contributed by atoms with Gasteiger partial charge in [0.1, 0.15) is 5.56 Å². The Bertz CT molecular complexity index is 795. The molecule has 0 aliphatic carbocycles. The highest BCUT2D eigenvalue weighted by Gasteiger charge is 2.18. The molecule has 0 aliphatic rings. The zero-order chi connectivity index (χ0) is 15.0. The second-order valence-electron chi connectivity index (χ2n) is 4.32. The predicted molar refractivity (Wildman–Crippen MR) is 74.2 cm³/mol. The molecule has 0 spiro atoms. The molecule has 0 amide bonds. The molecule has 2 rings (SSSR count). The number of carbonyl (C=O) groups is 1. The van der Waals surface area contributed by atoms with Crippen molar-refractivity contribution in [1.29, 1.82) is 0 Å². The first-order valence-electron chi connectivity index (χ1n) is 5.75. The lowest BCUT2D eigenvalue weighted by molar-refractivity contribution is 0.0694. The van der Waals surface area contributed by atoms with Gasteiger partial charge in [0.2, 0.25) is 0 Å². The van der Waals surface area contributed by atoms with Gasteiger partial charge in [0.15, 0.2) is 5.82 Å². The van der Waals surface area contributed by atoms with Crippen LogP contribution in [0.3, 0.4) is 0 Å². The Morgan fingerprint density at radius 1 is 1.60 bits per heavy atom. The van der Waals surface area contributed by atoms with Crippen molar-refractivity contribution in [2.45, 2.75) is 13.3 Å². The number of nitrogens with zero attached hydrogens (tertiary/aromatic N) is 1. The predicted octanol–water partition coefficient (Wildman–Crippen LogP) is 2.83. The summed E-state index contributed by atoms with van der Waals surface area (Å²) in [7, 11) is 0. The molecule has 0 unspecified atom stereocenters. The van der Waals surface area contributed by atoms with Gasteiger partial charge < -0.3 is 5.11 Å². The molecule has 1 N–H and O–H groups in total. The Morgan fingerprint density at radius 3 is 2.80 bits per heavy atom. The third-order valence-corrected chi connectivity index (χ3v) is 3.51. The van der Waals surface area contributed by atoms with Crippen molar-refractivity contribution in [3.8, 4) is 0 Å². The number of aromatic carboxylic acids is 1. The summed E-state index contributed by atoms with van der Waals surface area (Å²) < 4.78 is 14.7. The summed E-state index contributed by atoms with van der Waals surface area (Å²) in [5, 5.41) is 8.97. The Labute approximate surface area is 118 Å². The summed E-state index contributed by atoms with van der Waals surface area (Å²) in [5.41, 5.74) is 0.139. The monoisotopic (exact) mass is 295 g/mol. The molecule has 20 heavy (non-hydrogen) atoms. The number of hydrogen-bond acceptors (Lipinski definition) is 2. The maximum atomic E-state index is 13.7. The second kappa shape index (κ2) is 5.09. The van der Waals surface area contributed by atoms with Crippen molar-refractivity contribution < 1.29 is 14.3 Å². The number of fused-ring (bicyclic) bond motifs is 1. The lowest BCUT2D eigenvalue weighted by Crippen LogP contribution is -2.24. The van der Waals surface area contributed by atoms with Crippen molar-refractivity contribution in [2.24, 2.45) is 0 Å². The van der Waals surface area contributed by atoms with Crippen LogP contribution >= 0.6 is 11.6 Å². The molecule has 0 saturated carbocycles. The topological polar surface area (TPSA) is 58.8 Å². The van der Waals surface area contributed by atoms with E-state index in [0.29, 0.717) is 23.1 Å². The number of rotatable bonds is 3. The van der Waals surface area contributed by atoms with Gasteiger partial charge in [-0.1, -0.05) is 17.7 Å². The summed E-state index contributed by atoms with van der Waals surface area (Å²) in [5.74, 6) is -2.13. The van der Waals surface area contributed by atoms with E-state index in [9.17, 15) is 14.0 Å². The molecular weight excluding hydrogens is 285 g/mol. The van der Waals surface area contributed by atoms with Crippen LogP contribution in [-0.4, -0.2) is 15.5 Å². The Hall–Kier alpha value is -2.14. The van der Waals surface area contributed by atoms with Crippen LogP contribution < -0.4 is 5.56 Å². The van der Waals surface area contributed by atoms with Crippen LogP contribution in [0.15, 0.2) is 29.7 Å². The first-order valence-corrected chi connectivity index (χ1v) is 6.13. The fraction of sp³-hybridized carbons (Fsp3) is 0.143. The number of pyridine rings is 2. The molecule has 2 aromatic rings. The number of aromatic nitrogens is 1. The molecule has 0 aliphatic heterocycles. The lowest BCUT2D eigenvalue weighted by atomic mass is 10.0. The third kappa shape index (κ3) is 2.10. The fourth-order valence-corrected chi connectivity index (χ4v) is 2.29. The van der Waals surface area contributed by atoms with Crippen LogP contribution in [0.1, 0.15) is 21.5 Å². The molecule has 2 aromatic heterocycles. The van der Waals surface area contributed by atoms with Gasteiger partial charge in [-0.15, -0.1) is 6.58 Å². The van der Waals surface area contributed by atoms with E-state index in [4.69, 9.17) is 16.7 Å². The maximum Gasteiger partial charge on any atom is 0.341 e. The van der Waals surface area contributed by atoms with E-state index in [1.807, 2.05) is 0 Å². The standard InChI is InChI=1S/C14H11ClFNO3/c1-3-4-8-5-9(14(19)20)13(18)17-6-10(16)11(15)7(2)12(8)17/h3,5-6H,1,4H2,2H3,(H,19,20). The number of allylic oxidation sites excluding steroid dienone is 1. The van der Waals surface area contributed by atoms with Gasteiger partial charge in [-0.3, -0.25) is 9.20 Å². The maximum absolute atomic E-state index is 13.7. The van der Waals surface area contributed by atoms with E-state index in [1.165, 1.54) is 6.07 Å². The van der Waals surface area contributed by atoms with Crippen molar-refractivity contribution in [1.82, 2.24) is 4.40 Å². The minimum atomic E-state index is -1.36. The molecule has 6 heteroatoms. The van der Waals surface area contributed by atoms with E-state index in [0.717, 1.165) is 10.6 Å². The highest BCUT2D eigenvalue weighted by atomic mass is 35.5. The molecule has 0 radical (unpaired) electrons. The minimum Gasteiger partial charge on any atom is -0.477 e. The molecule has 0 atom stereocenters. The molecule has 4 nitrogen and oxygen atoms in total. The third-order valence-electron chi connectivity index (χ3n) is 3.04. The average molecular weight is 296 g/mol. The van der Waals surface area contributed by atoms with Crippen molar-refractivity contribution in [3.05, 3.63) is 62.8 Å². The van der Waals surface area contributed by atoms with E-state index in [-0.39, 0.29) is 5.02 Å². The number of carboxylic acids is 1. The van der Waals surface area contributed by atoms with E-state index in [2.05, 4.69) is 6.58 Å². The summed E-state index contributed by atoms with van der Waals surface area (Å²) in [6.45, 7) is 5.16. The number of hydrogen-bond donors (Lipinski definition) is 1. The van der Waals surface area contributed by atoms with Crippen molar-refractivity contribution in [2.75, 3.05) is 0 Å². The highest BCUT2D eigenvalue weighted by Crippen LogP contribution is 2.25. The number of carboxylic acid groups (broad SMARTS) is 1. The lowest BCUT2D eigenvalue weighted by Gasteiger charge is -2.12. The largest absolute Gasteiger partial charge is 0.477 e. The summed E-state index contributed by atoms with van der Waals surface area (Å²) in [4.78, 5) is 23.2. The average Bonchev–Trinajstić information content (AvgIpc) is 2.39. The van der Waals surface area contributed by atoms with Crippen molar-refractivity contribution >= 4 is 23.1 Å². The normalized spacial score (nSPS) is 10.8. The van der Waals surface area contributed by atoms with Gasteiger partial charge >= 0.3 is 5.97 Å². The quantitative estimate of drug-likeness (QED) is 0.886. The van der Waals surface area contributed by atoms with Gasteiger partial charge in [-0.2, -0.15) is 0 Å². The second-order valence-corrected chi connectivity index (χ2v) is 4.70. The van der Waals surface area contributed by atoms with Crippen LogP contribution in [0.4, 0.5) is 4.39 Å². The smallest absolute Gasteiger partial charge is 0.341 e. The van der Waals surface area contributed by atoms with Crippen LogP contribution in [-0.2, 0) is 6.42 Å². The Kier molecular flexibility index (Phi) is 3.63. The molecule has 0 fully saturated rings. The molecule has 0 saturated heterocycles. The molecule has 104 valence electrons. The van der Waals surface area contributed by atoms with Gasteiger partial charge in [-0.25, -0.2) is 9.18 Å². The summed E-state index contributed by atoms with van der Waals surface area (Å²) in [6.07, 6.45) is 2.82. The molecular formula is C14H11ClFNO3. The Morgan fingerprint density at radius 2 is 2.25 bits per heavy atom. The SMILES string of the molecule is C=CCc1cc(C(=O)O)c(=O)n2cc(F)c(Cl)c(C)c12. The summed E-state index contributed by atoms with van der Waals surface area (Å²) in [6, 6.07) is 1.28. The molecule has 0 bridgehead atoms. The van der Waals surface area contributed by atoms with Gasteiger partial charge in [-0.05, 0) is 30.5 Å². The molecule has 2 heterocycles. The van der Waals surface area contributed by atoms with E-state index >= 15 is 0 Å². The van der Waals surface area contributed by atoms with Crippen LogP contribution in [0.5, 0.6) is 0 Å². The van der Waals surface area contributed by atoms with Crippen LogP contribution in [0, 0.1) is 12.7 Å². The minimum absolute atomic E-state index is 0.0854. The molecule has 0 aromatic carbocycles. The van der Waals surface area contributed by atoms with Crippen LogP contribution in [0.25, 0.3) is 5.52 Å². The van der Waals surface area contributed by atoms with E-state index < -0.39 is 22.9 Å². The number of halogens is 2. The van der Waals surface area contributed by atoms with Gasteiger partial charge in [0.05, 0.1) is 10.5 Å². The fourth-order valence-electron chi connectivity index (χ4n) is 2.15. The van der Waals surface area contributed by atoms with Crippen molar-refractivity contribution in [3.63, 3.8) is 0 Å². The zero-order valence-electron chi connectivity index (χ0n) is 10.6.